The molecule has 3 aromatic rings. The number of nitrogens with one attached hydrogen (secondary N) is 6. The van der Waals surface area contributed by atoms with Crippen LogP contribution in [0.15, 0.2) is 60.6 Å². The van der Waals surface area contributed by atoms with E-state index in [4.69, 9.17) is 5.41 Å². The highest BCUT2D eigenvalue weighted by Crippen LogP contribution is 2.38. The number of H-pyrrole nitrogens is 1. The number of benzene rings is 2. The lowest BCUT2D eigenvalue weighted by Crippen LogP contribution is -2.37. The van der Waals surface area contributed by atoms with Gasteiger partial charge in [0.15, 0.2) is 0 Å². The number of hydrogen-bond donors (Lipinski definition) is 6. The van der Waals surface area contributed by atoms with Crippen LogP contribution in [0.5, 0.6) is 0 Å². The van der Waals surface area contributed by atoms with Crippen LogP contribution in [-0.4, -0.2) is 29.8 Å². The van der Waals surface area contributed by atoms with Gasteiger partial charge in [-0.2, -0.15) is 0 Å². The first-order chi connectivity index (χ1) is 15.2. The molecule has 0 fully saturated rings. The second-order valence-electron chi connectivity index (χ2n) is 7.96. The monoisotopic (exact) mass is 413 g/mol. The zero-order chi connectivity index (χ0) is 21.4. The minimum atomic E-state index is 0.139. The van der Waals surface area contributed by atoms with Crippen molar-refractivity contribution >= 4 is 34.1 Å². The third-order valence-electron chi connectivity index (χ3n) is 6.01. The van der Waals surface area contributed by atoms with E-state index in [0.29, 0.717) is 0 Å². The summed E-state index contributed by atoms with van der Waals surface area (Å²) in [5.74, 6) is 0. The van der Waals surface area contributed by atoms with Gasteiger partial charge in [-0.25, -0.2) is 0 Å². The topological polar surface area (TPSA) is 91.0 Å². The fourth-order valence-electron chi connectivity index (χ4n) is 4.50. The lowest BCUT2D eigenvalue weighted by atomic mass is 9.92. The van der Waals surface area contributed by atoms with Crippen molar-refractivity contribution in [2.45, 2.75) is 19.4 Å². The Labute approximate surface area is 181 Å². The van der Waals surface area contributed by atoms with Crippen molar-refractivity contribution in [1.29, 1.82) is 5.41 Å². The maximum Gasteiger partial charge on any atom is 0.0814 e. The number of allylic oxidation sites excluding steroid dienone is 2. The van der Waals surface area contributed by atoms with Crippen LogP contribution in [0, 0.1) is 5.41 Å². The van der Waals surface area contributed by atoms with Crippen molar-refractivity contribution < 1.29 is 0 Å². The molecule has 1 unspecified atom stereocenters. The molecule has 5 rings (SSSR count). The van der Waals surface area contributed by atoms with Gasteiger partial charge in [-0.1, -0.05) is 12.1 Å². The van der Waals surface area contributed by atoms with E-state index in [9.17, 15) is 0 Å². The highest BCUT2D eigenvalue weighted by molar-refractivity contribution is 6.08. The van der Waals surface area contributed by atoms with Crippen LogP contribution >= 0.6 is 0 Å². The maximum absolute atomic E-state index is 7.84. The third-order valence-corrected chi connectivity index (χ3v) is 6.01. The molecule has 0 spiro atoms. The Morgan fingerprint density at radius 1 is 1.19 bits per heavy atom. The fraction of sp³-hybridized carbons (Fsp3) is 0.208. The number of nitrogens with zero attached hydrogens (tertiary/aromatic N) is 1. The summed E-state index contributed by atoms with van der Waals surface area (Å²) in [6, 6.07) is 15.2. The molecule has 0 saturated carbocycles. The third kappa shape index (κ3) is 3.43. The molecule has 7 heteroatoms. The molecule has 0 bridgehead atoms. The lowest BCUT2D eigenvalue weighted by Gasteiger charge is -2.22. The smallest absolute Gasteiger partial charge is 0.0814 e. The molecule has 0 aliphatic carbocycles. The van der Waals surface area contributed by atoms with E-state index < -0.39 is 0 Å². The standard InChI is InChI=1S/C24H27N7/c1-15-24-20-5-3-16(18(13-25)14-26-2)12-21(20)23(8-10-31(24)30-29-15)28-19-4-6-22-17(11-19)7-9-27-22/h3-7,9,11-14,23,25-30H,8,10H2,1-2H3/b18-14+,25-13?. The Balaban J connectivity index is 1.60. The van der Waals surface area contributed by atoms with Gasteiger partial charge < -0.3 is 26.5 Å². The maximum atomic E-state index is 7.84. The van der Waals surface area contributed by atoms with Crippen LogP contribution in [0.4, 0.5) is 5.69 Å². The van der Waals surface area contributed by atoms with E-state index in [0.717, 1.165) is 41.0 Å². The van der Waals surface area contributed by atoms with Crippen molar-refractivity contribution in [2.75, 3.05) is 18.9 Å². The number of rotatable bonds is 5. The molecule has 31 heavy (non-hydrogen) atoms. The quantitative estimate of drug-likeness (QED) is 0.357. The molecule has 1 aromatic heterocycles. The molecule has 1 atom stereocenters. The molecule has 3 heterocycles. The minimum Gasteiger partial charge on any atom is -0.393 e. The summed E-state index contributed by atoms with van der Waals surface area (Å²) >= 11 is 0. The molecule has 7 nitrogen and oxygen atoms in total. The molecule has 2 aliphatic rings. The zero-order valence-electron chi connectivity index (χ0n) is 17.7. The fourth-order valence-corrected chi connectivity index (χ4v) is 4.50. The highest BCUT2D eigenvalue weighted by Gasteiger charge is 2.30. The predicted molar refractivity (Wildman–Crippen MR) is 127 cm³/mol. The molecular weight excluding hydrogens is 386 g/mol. The van der Waals surface area contributed by atoms with Gasteiger partial charge in [-0.3, -0.25) is 5.01 Å². The molecular formula is C24H27N7. The minimum absolute atomic E-state index is 0.139. The first-order valence-corrected chi connectivity index (χ1v) is 10.5. The van der Waals surface area contributed by atoms with Crippen molar-refractivity contribution in [1.82, 2.24) is 26.3 Å². The van der Waals surface area contributed by atoms with Gasteiger partial charge in [0.25, 0.3) is 0 Å². The van der Waals surface area contributed by atoms with Crippen LogP contribution in [0.3, 0.4) is 0 Å². The van der Waals surface area contributed by atoms with Crippen molar-refractivity contribution in [3.05, 3.63) is 77.2 Å². The van der Waals surface area contributed by atoms with Gasteiger partial charge in [0.05, 0.1) is 17.4 Å². The normalized spacial score (nSPS) is 18.3. The molecule has 2 aliphatic heterocycles. The number of aromatic nitrogens is 1. The molecule has 158 valence electrons. The van der Waals surface area contributed by atoms with E-state index in [1.54, 1.807) is 0 Å². The van der Waals surface area contributed by atoms with Crippen LogP contribution in [0.2, 0.25) is 0 Å². The average Bonchev–Trinajstić information content (AvgIpc) is 3.36. The highest BCUT2D eigenvalue weighted by atomic mass is 15.7. The van der Waals surface area contributed by atoms with Crippen LogP contribution in [0.1, 0.15) is 36.1 Å². The van der Waals surface area contributed by atoms with Crippen LogP contribution in [-0.2, 0) is 0 Å². The Morgan fingerprint density at radius 2 is 2.10 bits per heavy atom. The summed E-state index contributed by atoms with van der Waals surface area (Å²) < 4.78 is 0. The van der Waals surface area contributed by atoms with E-state index in [1.807, 2.05) is 19.4 Å². The summed E-state index contributed by atoms with van der Waals surface area (Å²) in [7, 11) is 1.86. The largest absolute Gasteiger partial charge is 0.393 e. The van der Waals surface area contributed by atoms with Crippen molar-refractivity contribution in [3.8, 4) is 0 Å². The van der Waals surface area contributed by atoms with Gasteiger partial charge in [0.2, 0.25) is 0 Å². The lowest BCUT2D eigenvalue weighted by molar-refractivity contribution is 0.281. The second kappa shape index (κ2) is 7.85. The van der Waals surface area contributed by atoms with E-state index >= 15 is 0 Å². The summed E-state index contributed by atoms with van der Waals surface area (Å²) in [4.78, 5) is 3.26. The number of hydrazine groups is 2. The molecule has 6 N–H and O–H groups in total. The molecule has 0 saturated heterocycles. The first kappa shape index (κ1) is 19.3. The summed E-state index contributed by atoms with van der Waals surface area (Å²) in [6.45, 7) is 2.97. The predicted octanol–water partition coefficient (Wildman–Crippen LogP) is 3.95. The van der Waals surface area contributed by atoms with Gasteiger partial charge in [-0.15, -0.1) is 5.53 Å². The van der Waals surface area contributed by atoms with Gasteiger partial charge in [-0.05, 0) is 54.8 Å². The Morgan fingerprint density at radius 3 is 2.94 bits per heavy atom. The number of fused-ring (bicyclic) bond motifs is 4. The Bertz CT molecular complexity index is 1200. The second-order valence-corrected chi connectivity index (χ2v) is 7.96. The molecule has 2 aromatic carbocycles. The summed E-state index contributed by atoms with van der Waals surface area (Å²) in [5.41, 5.74) is 15.4. The van der Waals surface area contributed by atoms with Gasteiger partial charge in [0.1, 0.15) is 0 Å². The van der Waals surface area contributed by atoms with E-state index in [-0.39, 0.29) is 6.04 Å². The average molecular weight is 414 g/mol. The number of hydrogen-bond acceptors (Lipinski definition) is 6. The van der Waals surface area contributed by atoms with Gasteiger partial charge >= 0.3 is 0 Å². The first-order valence-electron chi connectivity index (χ1n) is 10.5. The zero-order valence-corrected chi connectivity index (χ0v) is 17.7. The van der Waals surface area contributed by atoms with Gasteiger partial charge in [0, 0.05) is 59.9 Å². The SMILES string of the molecule is CN/C=C(\C=N)c1ccc2c(c1)C(Nc1ccc3[nH]ccc3c1)CCN1NNC(C)=C21. The number of anilines is 1. The van der Waals surface area contributed by atoms with E-state index in [1.165, 1.54) is 28.4 Å². The number of aromatic amines is 1. The van der Waals surface area contributed by atoms with E-state index in [2.05, 4.69) is 81.0 Å². The summed E-state index contributed by atoms with van der Waals surface area (Å²) in [6.07, 6.45) is 6.16. The Kier molecular flexibility index (Phi) is 4.88. The van der Waals surface area contributed by atoms with Crippen molar-refractivity contribution in [3.63, 3.8) is 0 Å². The Hall–Kier alpha value is -3.71. The van der Waals surface area contributed by atoms with Crippen LogP contribution < -0.4 is 21.6 Å². The van der Waals surface area contributed by atoms with Crippen molar-refractivity contribution in [2.24, 2.45) is 0 Å². The molecule has 0 amide bonds. The molecule has 0 radical (unpaired) electrons. The summed E-state index contributed by atoms with van der Waals surface area (Å²) in [5, 5.41) is 18.0. The van der Waals surface area contributed by atoms with Crippen LogP contribution in [0.25, 0.3) is 22.2 Å².